The molecular weight excluding hydrogens is 274 g/mol. The molecule has 0 atom stereocenters. The number of hydrogen-bond acceptors (Lipinski definition) is 3. The van der Waals surface area contributed by atoms with E-state index in [1.54, 1.807) is 12.1 Å². The summed E-state index contributed by atoms with van der Waals surface area (Å²) in [6, 6.07) is 11.8. The molecule has 0 aromatic heterocycles. The predicted octanol–water partition coefficient (Wildman–Crippen LogP) is 3.67. The molecule has 1 fully saturated rings. The molecule has 0 unspecified atom stereocenters. The zero-order valence-electron chi connectivity index (χ0n) is 13.3. The highest BCUT2D eigenvalue weighted by Gasteiger charge is 2.30. The second-order valence-corrected chi connectivity index (χ2v) is 6.79. The molecule has 22 heavy (non-hydrogen) atoms. The molecule has 0 heterocycles. The van der Waals surface area contributed by atoms with Crippen molar-refractivity contribution in [3.05, 3.63) is 42.0 Å². The average Bonchev–Trinajstić information content (AvgIpc) is 2.93. The standard InChI is InChI=1S/C19H25NO2/c1-20(11-10-19(22)8-2-3-9-19)14-15-4-5-17-13-18(21)7-6-16(17)12-15/h4-7,12-13,21-22H,2-3,8-11,14H2,1H3. The number of fused-ring (bicyclic) bond motifs is 1. The molecule has 118 valence electrons. The summed E-state index contributed by atoms with van der Waals surface area (Å²) in [5.41, 5.74) is 0.842. The maximum atomic E-state index is 10.4. The largest absolute Gasteiger partial charge is 0.508 e. The summed E-state index contributed by atoms with van der Waals surface area (Å²) >= 11 is 0. The molecule has 1 aliphatic carbocycles. The van der Waals surface area contributed by atoms with Crippen LogP contribution in [-0.4, -0.2) is 34.3 Å². The lowest BCUT2D eigenvalue weighted by Gasteiger charge is -2.25. The molecule has 3 nitrogen and oxygen atoms in total. The van der Waals surface area contributed by atoms with Crippen LogP contribution in [0.5, 0.6) is 5.75 Å². The molecule has 2 N–H and O–H groups in total. The SMILES string of the molecule is CN(CCC1(O)CCCC1)Cc1ccc2cc(O)ccc2c1. The summed E-state index contributed by atoms with van der Waals surface area (Å²) in [6.45, 7) is 1.80. The predicted molar refractivity (Wildman–Crippen MR) is 90.0 cm³/mol. The second kappa shape index (κ2) is 6.27. The van der Waals surface area contributed by atoms with Crippen molar-refractivity contribution in [2.75, 3.05) is 13.6 Å². The van der Waals surface area contributed by atoms with Crippen molar-refractivity contribution in [3.8, 4) is 5.75 Å². The Bertz CT molecular complexity index is 647. The van der Waals surface area contributed by atoms with E-state index in [4.69, 9.17) is 0 Å². The summed E-state index contributed by atoms with van der Waals surface area (Å²) in [7, 11) is 2.11. The van der Waals surface area contributed by atoms with Gasteiger partial charge >= 0.3 is 0 Å². The van der Waals surface area contributed by atoms with Crippen LogP contribution in [0.15, 0.2) is 36.4 Å². The van der Waals surface area contributed by atoms with Gasteiger partial charge in [-0.05, 0) is 60.8 Å². The van der Waals surface area contributed by atoms with Crippen molar-refractivity contribution in [1.29, 1.82) is 0 Å². The number of hydrogen-bond donors (Lipinski definition) is 2. The van der Waals surface area contributed by atoms with E-state index in [0.717, 1.165) is 56.0 Å². The molecule has 0 radical (unpaired) electrons. The normalized spacial score (nSPS) is 17.4. The molecule has 0 spiro atoms. The van der Waals surface area contributed by atoms with Gasteiger partial charge in [0.2, 0.25) is 0 Å². The topological polar surface area (TPSA) is 43.7 Å². The van der Waals surface area contributed by atoms with Crippen molar-refractivity contribution in [1.82, 2.24) is 4.90 Å². The molecule has 0 amide bonds. The molecule has 3 heteroatoms. The van der Waals surface area contributed by atoms with Gasteiger partial charge < -0.3 is 15.1 Å². The number of aromatic hydroxyl groups is 1. The molecule has 0 aliphatic heterocycles. The molecule has 2 aromatic rings. The minimum atomic E-state index is -0.421. The molecule has 0 saturated heterocycles. The van der Waals surface area contributed by atoms with Crippen LogP contribution in [-0.2, 0) is 6.54 Å². The van der Waals surface area contributed by atoms with Gasteiger partial charge in [0.1, 0.15) is 5.75 Å². The first-order chi connectivity index (χ1) is 10.5. The van der Waals surface area contributed by atoms with E-state index in [2.05, 4.69) is 30.1 Å². The highest BCUT2D eigenvalue weighted by molar-refractivity contribution is 5.84. The Hall–Kier alpha value is -1.58. The molecule has 1 aliphatic rings. The van der Waals surface area contributed by atoms with E-state index in [9.17, 15) is 10.2 Å². The molecule has 1 saturated carbocycles. The lowest BCUT2D eigenvalue weighted by Crippen LogP contribution is -2.31. The second-order valence-electron chi connectivity index (χ2n) is 6.79. The summed E-state index contributed by atoms with van der Waals surface area (Å²) in [5, 5.41) is 22.1. The van der Waals surface area contributed by atoms with E-state index in [1.807, 2.05) is 6.07 Å². The smallest absolute Gasteiger partial charge is 0.116 e. The summed E-state index contributed by atoms with van der Waals surface area (Å²) in [4.78, 5) is 2.28. The van der Waals surface area contributed by atoms with Crippen LogP contribution in [0.1, 0.15) is 37.7 Å². The fourth-order valence-electron chi connectivity index (χ4n) is 3.45. The minimum absolute atomic E-state index is 0.308. The number of benzene rings is 2. The first-order valence-corrected chi connectivity index (χ1v) is 8.17. The summed E-state index contributed by atoms with van der Waals surface area (Å²) < 4.78 is 0. The Kier molecular flexibility index (Phi) is 4.37. The Balaban J connectivity index is 1.61. The number of nitrogens with zero attached hydrogens (tertiary/aromatic N) is 1. The average molecular weight is 299 g/mol. The van der Waals surface area contributed by atoms with Crippen LogP contribution in [0.3, 0.4) is 0 Å². The van der Waals surface area contributed by atoms with Gasteiger partial charge in [0.05, 0.1) is 5.60 Å². The van der Waals surface area contributed by atoms with Gasteiger partial charge in [-0.25, -0.2) is 0 Å². The van der Waals surface area contributed by atoms with Gasteiger partial charge in [-0.3, -0.25) is 0 Å². The molecule has 2 aromatic carbocycles. The van der Waals surface area contributed by atoms with Gasteiger partial charge in [0.25, 0.3) is 0 Å². The van der Waals surface area contributed by atoms with Crippen molar-refractivity contribution < 1.29 is 10.2 Å². The van der Waals surface area contributed by atoms with E-state index in [-0.39, 0.29) is 0 Å². The van der Waals surface area contributed by atoms with E-state index >= 15 is 0 Å². The van der Waals surface area contributed by atoms with Crippen molar-refractivity contribution in [3.63, 3.8) is 0 Å². The van der Waals surface area contributed by atoms with Crippen LogP contribution >= 0.6 is 0 Å². The van der Waals surface area contributed by atoms with Crippen LogP contribution in [0.2, 0.25) is 0 Å². The number of phenols is 1. The van der Waals surface area contributed by atoms with Gasteiger partial charge in [-0.1, -0.05) is 31.0 Å². The van der Waals surface area contributed by atoms with Crippen LogP contribution in [0.4, 0.5) is 0 Å². The summed E-state index contributed by atoms with van der Waals surface area (Å²) in [5.74, 6) is 0.308. The lowest BCUT2D eigenvalue weighted by atomic mass is 9.98. The number of aliphatic hydroxyl groups is 1. The Morgan fingerprint density at radius 3 is 2.50 bits per heavy atom. The monoisotopic (exact) mass is 299 g/mol. The van der Waals surface area contributed by atoms with Crippen LogP contribution < -0.4 is 0 Å². The fourth-order valence-corrected chi connectivity index (χ4v) is 3.45. The van der Waals surface area contributed by atoms with Gasteiger partial charge in [-0.15, -0.1) is 0 Å². The Morgan fingerprint density at radius 2 is 1.73 bits per heavy atom. The van der Waals surface area contributed by atoms with Gasteiger partial charge in [0.15, 0.2) is 0 Å². The van der Waals surface area contributed by atoms with Crippen molar-refractivity contribution >= 4 is 10.8 Å². The zero-order chi connectivity index (χ0) is 15.6. The van der Waals surface area contributed by atoms with E-state index < -0.39 is 5.60 Å². The van der Waals surface area contributed by atoms with Crippen LogP contribution in [0.25, 0.3) is 10.8 Å². The molecule has 0 bridgehead atoms. The first kappa shape index (κ1) is 15.3. The maximum Gasteiger partial charge on any atom is 0.116 e. The first-order valence-electron chi connectivity index (χ1n) is 8.17. The van der Waals surface area contributed by atoms with Crippen molar-refractivity contribution in [2.45, 2.75) is 44.2 Å². The third-order valence-electron chi connectivity index (χ3n) is 4.83. The zero-order valence-corrected chi connectivity index (χ0v) is 13.3. The minimum Gasteiger partial charge on any atom is -0.508 e. The Morgan fingerprint density at radius 1 is 1.05 bits per heavy atom. The van der Waals surface area contributed by atoms with Crippen LogP contribution in [0, 0.1) is 0 Å². The number of rotatable bonds is 5. The van der Waals surface area contributed by atoms with Crippen molar-refractivity contribution in [2.24, 2.45) is 0 Å². The summed E-state index contributed by atoms with van der Waals surface area (Å²) in [6.07, 6.45) is 5.11. The lowest BCUT2D eigenvalue weighted by molar-refractivity contribution is 0.0297. The van der Waals surface area contributed by atoms with E-state index in [1.165, 1.54) is 5.56 Å². The quantitative estimate of drug-likeness (QED) is 0.885. The third kappa shape index (κ3) is 3.60. The number of phenolic OH excluding ortho intramolecular Hbond substituents is 1. The van der Waals surface area contributed by atoms with Gasteiger partial charge in [-0.2, -0.15) is 0 Å². The highest BCUT2D eigenvalue weighted by Crippen LogP contribution is 2.32. The van der Waals surface area contributed by atoms with Gasteiger partial charge in [0, 0.05) is 13.1 Å². The fraction of sp³-hybridized carbons (Fsp3) is 0.474. The molecular formula is C19H25NO2. The maximum absolute atomic E-state index is 10.4. The Labute approximate surface area is 132 Å². The third-order valence-corrected chi connectivity index (χ3v) is 4.83. The molecule has 3 rings (SSSR count). The van der Waals surface area contributed by atoms with E-state index in [0.29, 0.717) is 5.75 Å². The highest BCUT2D eigenvalue weighted by atomic mass is 16.3.